The van der Waals surface area contributed by atoms with E-state index in [-0.39, 0.29) is 6.61 Å². The second-order valence-electron chi connectivity index (χ2n) is 7.89. The summed E-state index contributed by atoms with van der Waals surface area (Å²) >= 11 is 0. The Kier molecular flexibility index (Phi) is 8.73. The molecule has 9 N–H and O–H groups in total. The maximum absolute atomic E-state index is 13.6. The first-order valence-corrected chi connectivity index (χ1v) is 9.95. The fourth-order valence-corrected chi connectivity index (χ4v) is 3.65. The van der Waals surface area contributed by atoms with Crippen molar-refractivity contribution in [1.29, 1.82) is 0 Å². The highest BCUT2D eigenvalue weighted by Gasteiger charge is 2.51. The lowest BCUT2D eigenvalue weighted by Gasteiger charge is -2.45. The zero-order valence-corrected chi connectivity index (χ0v) is 16.6. The van der Waals surface area contributed by atoms with Gasteiger partial charge in [0, 0.05) is 0 Å². The Hall–Kier alpha value is -0.630. The lowest BCUT2D eigenvalue weighted by molar-refractivity contribution is -0.355. The van der Waals surface area contributed by atoms with Crippen LogP contribution in [0.5, 0.6) is 0 Å². The van der Waals surface area contributed by atoms with Gasteiger partial charge in [-0.05, 0) is 0 Å². The number of aliphatic hydroxyl groups excluding tert-OH is 9. The molecule has 0 bridgehead atoms. The van der Waals surface area contributed by atoms with Gasteiger partial charge in [-0.3, -0.25) is 0 Å². The average Bonchev–Trinajstić information content (AvgIpc) is 2.77. The van der Waals surface area contributed by atoms with Crippen LogP contribution in [0.4, 0.5) is 4.39 Å². The highest BCUT2D eigenvalue weighted by molar-refractivity contribution is 4.94. The van der Waals surface area contributed by atoms with Crippen LogP contribution < -0.4 is 0 Å². The molecule has 0 aromatic heterocycles. The van der Waals surface area contributed by atoms with E-state index in [9.17, 15) is 50.3 Å². The van der Waals surface area contributed by atoms with E-state index < -0.39 is 99.3 Å². The van der Waals surface area contributed by atoms with Crippen LogP contribution in [0.1, 0.15) is 0 Å². The first-order chi connectivity index (χ1) is 15.1. The summed E-state index contributed by atoms with van der Waals surface area (Å²) < 4.78 is 39.4. The molecule has 0 aromatic rings. The van der Waals surface area contributed by atoms with E-state index in [4.69, 9.17) is 23.7 Å². The van der Waals surface area contributed by atoms with E-state index in [1.165, 1.54) is 0 Å². The molecular weight excluding hydrogens is 447 g/mol. The monoisotopic (exact) mass is 476 g/mol. The number of ether oxygens (including phenoxy) is 5. The molecule has 3 aliphatic heterocycles. The molecule has 0 aromatic carbocycles. The second kappa shape index (κ2) is 10.7. The van der Waals surface area contributed by atoms with Crippen molar-refractivity contribution in [1.82, 2.24) is 0 Å². The van der Waals surface area contributed by atoms with Crippen LogP contribution in [0, 0.1) is 0 Å². The molecule has 0 unspecified atom stereocenters. The van der Waals surface area contributed by atoms with Gasteiger partial charge >= 0.3 is 0 Å². The van der Waals surface area contributed by atoms with Gasteiger partial charge in [-0.2, -0.15) is 0 Å². The van der Waals surface area contributed by atoms with Gasteiger partial charge in [0.25, 0.3) is 0 Å². The Morgan fingerprint density at radius 2 is 1.38 bits per heavy atom. The summed E-state index contributed by atoms with van der Waals surface area (Å²) in [4.78, 5) is 0. The number of aliphatic hydroxyl groups is 9. The van der Waals surface area contributed by atoms with E-state index in [0.717, 1.165) is 0 Å². The fourth-order valence-electron chi connectivity index (χ4n) is 3.65. The first-order valence-electron chi connectivity index (χ1n) is 9.95. The Morgan fingerprint density at radius 1 is 0.719 bits per heavy atom. The smallest absolute Gasteiger partial charge is 0.228 e. The zero-order chi connectivity index (χ0) is 23.7. The Labute approximate surface area is 180 Å². The summed E-state index contributed by atoms with van der Waals surface area (Å²) in [5, 5.41) is 88.7. The maximum Gasteiger partial charge on any atom is 0.228 e. The van der Waals surface area contributed by atoms with Gasteiger partial charge in [0.2, 0.25) is 6.36 Å². The molecular formula is C17H29FO14. The molecule has 0 radical (unpaired) electrons. The lowest BCUT2D eigenvalue weighted by atomic mass is 9.97. The molecule has 3 aliphatic rings. The molecule has 0 saturated carbocycles. The summed E-state index contributed by atoms with van der Waals surface area (Å²) in [6, 6.07) is 0. The fraction of sp³-hybridized carbons (Fsp3) is 1.00. The van der Waals surface area contributed by atoms with Crippen molar-refractivity contribution in [2.24, 2.45) is 0 Å². The van der Waals surface area contributed by atoms with Crippen molar-refractivity contribution in [3.63, 3.8) is 0 Å². The van der Waals surface area contributed by atoms with Crippen LogP contribution in [0.3, 0.4) is 0 Å². The summed E-state index contributed by atoms with van der Waals surface area (Å²) in [7, 11) is 0. The number of hydrogen-bond acceptors (Lipinski definition) is 14. The van der Waals surface area contributed by atoms with Crippen LogP contribution in [-0.2, 0) is 23.7 Å². The maximum atomic E-state index is 13.6. The van der Waals surface area contributed by atoms with E-state index in [1.807, 2.05) is 0 Å². The Morgan fingerprint density at radius 3 is 2.03 bits per heavy atom. The van der Waals surface area contributed by atoms with Gasteiger partial charge in [-0.1, -0.05) is 0 Å². The van der Waals surface area contributed by atoms with Crippen molar-refractivity contribution in [2.75, 3.05) is 19.8 Å². The zero-order valence-electron chi connectivity index (χ0n) is 16.6. The van der Waals surface area contributed by atoms with E-state index in [2.05, 4.69) is 0 Å². The predicted molar refractivity (Wildman–Crippen MR) is 94.1 cm³/mol. The third-order valence-corrected chi connectivity index (χ3v) is 5.64. The molecule has 0 amide bonds. The molecule has 188 valence electrons. The van der Waals surface area contributed by atoms with Crippen LogP contribution in [-0.4, -0.2) is 152 Å². The van der Waals surface area contributed by atoms with Gasteiger partial charge in [0.1, 0.15) is 67.1 Å². The van der Waals surface area contributed by atoms with Crippen LogP contribution in [0.25, 0.3) is 0 Å². The van der Waals surface area contributed by atoms with Gasteiger partial charge in [0.15, 0.2) is 12.6 Å². The van der Waals surface area contributed by atoms with Gasteiger partial charge in [-0.25, -0.2) is 4.39 Å². The second-order valence-corrected chi connectivity index (χ2v) is 7.89. The number of hydrogen-bond donors (Lipinski definition) is 9. The summed E-state index contributed by atoms with van der Waals surface area (Å²) in [5.41, 5.74) is 0. The summed E-state index contributed by atoms with van der Waals surface area (Å²) in [5.74, 6) is 0. The Balaban J connectivity index is 1.65. The van der Waals surface area contributed by atoms with E-state index >= 15 is 0 Å². The van der Waals surface area contributed by atoms with E-state index in [0.29, 0.717) is 0 Å². The normalized spacial score (nSPS) is 52.7. The molecule has 14 atom stereocenters. The molecule has 3 heterocycles. The molecule has 0 aliphatic carbocycles. The molecule has 3 fully saturated rings. The molecule has 0 spiro atoms. The first kappa shape index (κ1) is 26.0. The predicted octanol–water partition coefficient (Wildman–Crippen LogP) is -5.96. The standard InChI is InChI=1S/C17H29FO14/c18-15-11(25)10(24)14(5(1-19)30-15)32-17-13(27)9(23)8(22)6(31-17)3-29-16-12(26)7(21)4(20)2-28-16/h4-17,19-27H,1-3H2/t4-,5+,6-,7+,8-,9+,10-,11-,12-,13-,14-,15-,16-,17+/m1/s1. The Bertz CT molecular complexity index is 600. The van der Waals surface area contributed by atoms with Gasteiger partial charge in [0.05, 0.1) is 19.8 Å². The van der Waals surface area contributed by atoms with Crippen molar-refractivity contribution in [3.05, 3.63) is 0 Å². The number of alkyl halides is 1. The number of rotatable bonds is 6. The summed E-state index contributed by atoms with van der Waals surface area (Å²) in [6.45, 7) is -1.71. The minimum Gasteiger partial charge on any atom is -0.394 e. The summed E-state index contributed by atoms with van der Waals surface area (Å²) in [6.07, 6.45) is -23.7. The quantitative estimate of drug-likeness (QED) is 0.174. The molecule has 3 rings (SSSR count). The average molecular weight is 476 g/mol. The topological polar surface area (TPSA) is 228 Å². The molecule has 15 heteroatoms. The molecule has 14 nitrogen and oxygen atoms in total. The molecule has 32 heavy (non-hydrogen) atoms. The van der Waals surface area contributed by atoms with Crippen LogP contribution in [0.2, 0.25) is 0 Å². The third-order valence-electron chi connectivity index (χ3n) is 5.64. The lowest BCUT2D eigenvalue weighted by Crippen LogP contribution is -2.64. The largest absolute Gasteiger partial charge is 0.394 e. The minimum atomic E-state index is -2.30. The highest BCUT2D eigenvalue weighted by atomic mass is 19.1. The highest BCUT2D eigenvalue weighted by Crippen LogP contribution is 2.30. The van der Waals surface area contributed by atoms with Crippen LogP contribution >= 0.6 is 0 Å². The molecule has 3 saturated heterocycles. The van der Waals surface area contributed by atoms with E-state index in [1.54, 1.807) is 0 Å². The van der Waals surface area contributed by atoms with Crippen molar-refractivity contribution < 1.29 is 74.0 Å². The minimum absolute atomic E-state index is 0.343. The van der Waals surface area contributed by atoms with Crippen molar-refractivity contribution >= 4 is 0 Å². The third kappa shape index (κ3) is 5.21. The number of halogens is 1. The van der Waals surface area contributed by atoms with Gasteiger partial charge < -0.3 is 69.6 Å². The van der Waals surface area contributed by atoms with Gasteiger partial charge in [-0.15, -0.1) is 0 Å². The van der Waals surface area contributed by atoms with Crippen molar-refractivity contribution in [3.8, 4) is 0 Å². The van der Waals surface area contributed by atoms with Crippen molar-refractivity contribution in [2.45, 2.75) is 86.1 Å². The SMILES string of the molecule is OC[C@@H]1O[C@@H](F)[C@H](O)[C@@H](O)[C@@H]1O[C@@H]1O[C@H](CO[C@H]2OC[C@@H](O)[C@H](O)[C@H]2O)[C@@H](O)[C@H](O)[C@H]1O. The van der Waals surface area contributed by atoms with Crippen LogP contribution in [0.15, 0.2) is 0 Å².